The molecule has 0 aliphatic carbocycles. The smallest absolute Gasteiger partial charge is 0.277 e. The molecule has 3 rings (SSSR count). The molecule has 3 heterocycles. The molecule has 0 atom stereocenters. The van der Waals surface area contributed by atoms with Crippen LogP contribution in [0, 0.1) is 6.92 Å². The number of H-pyrrole nitrogens is 1. The maximum atomic E-state index is 11.9. The lowest BCUT2D eigenvalue weighted by molar-refractivity contribution is -0.115. The fraction of sp³-hybridized carbons (Fsp3) is 0.250. The molecule has 7 heteroatoms. The van der Waals surface area contributed by atoms with Crippen molar-refractivity contribution in [2.75, 3.05) is 6.54 Å². The van der Waals surface area contributed by atoms with E-state index in [1.165, 1.54) is 0 Å². The number of rotatable bonds is 0. The molecular formula is C12H13N5O2. The van der Waals surface area contributed by atoms with Crippen molar-refractivity contribution < 1.29 is 9.59 Å². The van der Waals surface area contributed by atoms with Crippen LogP contribution in [0.3, 0.4) is 0 Å². The molecule has 0 unspecified atom stereocenters. The molecule has 0 radical (unpaired) electrons. The van der Waals surface area contributed by atoms with E-state index in [1.807, 2.05) is 13.0 Å². The number of aryl methyl sites for hydroxylation is 1. The summed E-state index contributed by atoms with van der Waals surface area (Å²) in [4.78, 5) is 30.8. The molecule has 0 aromatic carbocycles. The maximum absolute atomic E-state index is 11.9. The van der Waals surface area contributed by atoms with Crippen LogP contribution in [0.5, 0.6) is 0 Å². The van der Waals surface area contributed by atoms with Gasteiger partial charge in [-0.2, -0.15) is 0 Å². The summed E-state index contributed by atoms with van der Waals surface area (Å²) in [5, 5.41) is 5.23. The summed E-state index contributed by atoms with van der Waals surface area (Å²) in [6.07, 6.45) is 0.537. The lowest BCUT2D eigenvalue weighted by Crippen LogP contribution is -2.30. The summed E-state index contributed by atoms with van der Waals surface area (Å²) < 4.78 is 0. The highest BCUT2D eigenvalue weighted by atomic mass is 16.2. The fourth-order valence-electron chi connectivity index (χ4n) is 2.36. The number of amides is 2. The first-order valence-corrected chi connectivity index (χ1v) is 5.93. The Hall–Kier alpha value is -2.57. The van der Waals surface area contributed by atoms with Gasteiger partial charge in [0.05, 0.1) is 0 Å². The minimum Gasteiger partial charge on any atom is -0.369 e. The quantitative estimate of drug-likeness (QED) is 0.476. The van der Waals surface area contributed by atoms with Crippen LogP contribution in [0.25, 0.3) is 5.57 Å². The standard InChI is InChI=1S/C12H13N5O2/c1-5-4-7-6(8-11(19)17-12(13)16-8)2-3-14-10(18)9(7)15-5/h4,15H,2-3H2,1H3,(H,14,18)(H3,13,16,17,19)/b8-6-. The van der Waals surface area contributed by atoms with E-state index < -0.39 is 0 Å². The molecule has 0 bridgehead atoms. The molecule has 0 spiro atoms. The molecule has 1 aromatic rings. The van der Waals surface area contributed by atoms with E-state index in [2.05, 4.69) is 20.6 Å². The molecule has 19 heavy (non-hydrogen) atoms. The first-order chi connectivity index (χ1) is 9.06. The molecule has 0 fully saturated rings. The van der Waals surface area contributed by atoms with Gasteiger partial charge in [0.25, 0.3) is 11.8 Å². The van der Waals surface area contributed by atoms with Crippen LogP contribution in [0.15, 0.2) is 16.8 Å². The Kier molecular flexibility index (Phi) is 2.41. The normalized spacial score (nSPS) is 22.5. The highest BCUT2D eigenvalue weighted by Gasteiger charge is 2.28. The van der Waals surface area contributed by atoms with E-state index in [4.69, 9.17) is 5.73 Å². The average molecular weight is 259 g/mol. The van der Waals surface area contributed by atoms with Crippen molar-refractivity contribution >= 4 is 23.3 Å². The second-order valence-corrected chi connectivity index (χ2v) is 4.53. The van der Waals surface area contributed by atoms with Gasteiger partial charge in [-0.3, -0.25) is 14.9 Å². The van der Waals surface area contributed by atoms with E-state index >= 15 is 0 Å². The molecule has 5 N–H and O–H groups in total. The molecule has 0 saturated heterocycles. The van der Waals surface area contributed by atoms with Crippen molar-refractivity contribution in [3.05, 3.63) is 28.7 Å². The third-order valence-corrected chi connectivity index (χ3v) is 3.14. The van der Waals surface area contributed by atoms with E-state index in [1.54, 1.807) is 0 Å². The summed E-state index contributed by atoms with van der Waals surface area (Å²) >= 11 is 0. The van der Waals surface area contributed by atoms with Crippen molar-refractivity contribution in [2.45, 2.75) is 13.3 Å². The second-order valence-electron chi connectivity index (χ2n) is 4.53. The number of hydrogen-bond acceptors (Lipinski definition) is 4. The molecule has 2 amide bonds. The van der Waals surface area contributed by atoms with Gasteiger partial charge in [0, 0.05) is 17.8 Å². The minimum atomic E-state index is -0.327. The number of carbonyl (C=O) groups excluding carboxylic acids is 2. The molecule has 2 aliphatic rings. The molecule has 0 saturated carbocycles. The van der Waals surface area contributed by atoms with Gasteiger partial charge >= 0.3 is 0 Å². The Bertz CT molecular complexity index is 653. The topological polar surface area (TPSA) is 112 Å². The van der Waals surface area contributed by atoms with E-state index in [9.17, 15) is 9.59 Å². The number of guanidine groups is 1. The van der Waals surface area contributed by atoms with Gasteiger partial charge in [0.1, 0.15) is 11.4 Å². The zero-order valence-electron chi connectivity index (χ0n) is 10.3. The highest BCUT2D eigenvalue weighted by Crippen LogP contribution is 2.30. The van der Waals surface area contributed by atoms with Crippen molar-refractivity contribution in [3.8, 4) is 0 Å². The van der Waals surface area contributed by atoms with Crippen molar-refractivity contribution in [1.82, 2.24) is 15.6 Å². The van der Waals surface area contributed by atoms with Crippen LogP contribution in [0.4, 0.5) is 0 Å². The van der Waals surface area contributed by atoms with Crippen LogP contribution in [0.2, 0.25) is 0 Å². The van der Waals surface area contributed by atoms with Crippen LogP contribution in [-0.2, 0) is 4.79 Å². The third kappa shape index (κ3) is 1.79. The second kappa shape index (κ2) is 3.98. The summed E-state index contributed by atoms with van der Waals surface area (Å²) in [5.74, 6) is -0.412. The van der Waals surface area contributed by atoms with Crippen LogP contribution < -0.4 is 16.4 Å². The number of aromatic amines is 1. The monoisotopic (exact) mass is 259 g/mol. The highest BCUT2D eigenvalue weighted by molar-refractivity contribution is 6.15. The Morgan fingerprint density at radius 1 is 1.32 bits per heavy atom. The van der Waals surface area contributed by atoms with E-state index in [-0.39, 0.29) is 23.5 Å². The van der Waals surface area contributed by atoms with Gasteiger partial charge in [-0.25, -0.2) is 4.99 Å². The minimum absolute atomic E-state index is 0.0878. The van der Waals surface area contributed by atoms with Gasteiger partial charge in [0.15, 0.2) is 0 Å². The summed E-state index contributed by atoms with van der Waals surface area (Å²) in [7, 11) is 0. The number of nitrogens with one attached hydrogen (secondary N) is 3. The molecular weight excluding hydrogens is 246 g/mol. The van der Waals surface area contributed by atoms with Gasteiger partial charge in [-0.05, 0) is 25.0 Å². The zero-order chi connectivity index (χ0) is 13.6. The number of hydrogen-bond donors (Lipinski definition) is 4. The Labute approximate surface area is 109 Å². The Morgan fingerprint density at radius 2 is 2.11 bits per heavy atom. The summed E-state index contributed by atoms with van der Waals surface area (Å²) in [5.41, 5.74) is 8.57. The first kappa shape index (κ1) is 11.5. The van der Waals surface area contributed by atoms with E-state index in [0.717, 1.165) is 16.8 Å². The van der Waals surface area contributed by atoms with Gasteiger partial charge in [0.2, 0.25) is 5.96 Å². The number of aromatic nitrogens is 1. The van der Waals surface area contributed by atoms with E-state index in [0.29, 0.717) is 18.7 Å². The summed E-state index contributed by atoms with van der Waals surface area (Å²) in [6.45, 7) is 2.32. The van der Waals surface area contributed by atoms with Crippen molar-refractivity contribution in [2.24, 2.45) is 10.7 Å². The predicted molar refractivity (Wildman–Crippen MR) is 69.2 cm³/mol. The number of nitrogens with two attached hydrogens (primary N) is 1. The van der Waals surface area contributed by atoms with Crippen LogP contribution >= 0.6 is 0 Å². The number of fused-ring (bicyclic) bond motifs is 1. The predicted octanol–water partition coefficient (Wildman–Crippen LogP) is -0.388. The molecule has 2 aliphatic heterocycles. The Balaban J connectivity index is 2.22. The molecule has 1 aromatic heterocycles. The maximum Gasteiger partial charge on any atom is 0.277 e. The SMILES string of the molecule is Cc1cc2c([nH]1)C(=O)NCC/C2=C1/N=C(N)NC1=O. The van der Waals surface area contributed by atoms with Gasteiger partial charge < -0.3 is 16.0 Å². The molecule has 98 valence electrons. The average Bonchev–Trinajstić information content (AvgIpc) is 2.84. The zero-order valence-corrected chi connectivity index (χ0v) is 10.3. The van der Waals surface area contributed by atoms with Gasteiger partial charge in [-0.15, -0.1) is 0 Å². The largest absolute Gasteiger partial charge is 0.369 e. The van der Waals surface area contributed by atoms with Crippen LogP contribution in [-0.4, -0.2) is 29.3 Å². The Morgan fingerprint density at radius 3 is 2.79 bits per heavy atom. The molecule has 7 nitrogen and oxygen atoms in total. The van der Waals surface area contributed by atoms with Gasteiger partial charge in [-0.1, -0.05) is 0 Å². The van der Waals surface area contributed by atoms with Crippen molar-refractivity contribution in [3.63, 3.8) is 0 Å². The lowest BCUT2D eigenvalue weighted by Gasteiger charge is -2.04. The first-order valence-electron chi connectivity index (χ1n) is 5.93. The fourth-order valence-corrected chi connectivity index (χ4v) is 2.36. The van der Waals surface area contributed by atoms with Crippen molar-refractivity contribution in [1.29, 1.82) is 0 Å². The third-order valence-electron chi connectivity index (χ3n) is 3.14. The number of aliphatic imine (C=N–C) groups is 1. The van der Waals surface area contributed by atoms with Crippen LogP contribution in [0.1, 0.15) is 28.2 Å². The lowest BCUT2D eigenvalue weighted by atomic mass is 10.0. The number of carbonyl (C=O) groups is 2. The number of nitrogens with zero attached hydrogens (tertiary/aromatic N) is 1. The summed E-state index contributed by atoms with van der Waals surface area (Å²) in [6, 6.07) is 1.85.